The van der Waals surface area contributed by atoms with Crippen molar-refractivity contribution in [2.24, 2.45) is 45.0 Å². The van der Waals surface area contributed by atoms with Crippen molar-refractivity contribution in [1.82, 2.24) is 15.5 Å². The van der Waals surface area contributed by atoms with Gasteiger partial charge in [-0.15, -0.1) is 0 Å². The van der Waals surface area contributed by atoms with Crippen molar-refractivity contribution >= 4 is 39.4 Å². The molecule has 8 atom stereocenters. The minimum Gasteiger partial charge on any atom is -0.504 e. The predicted molar refractivity (Wildman–Crippen MR) is 294 cm³/mol. The van der Waals surface area contributed by atoms with Crippen molar-refractivity contribution in [1.29, 1.82) is 0 Å². The van der Waals surface area contributed by atoms with Crippen LogP contribution in [0.1, 0.15) is 170 Å². The van der Waals surface area contributed by atoms with E-state index < -0.39 is 17.1 Å². The van der Waals surface area contributed by atoms with Crippen molar-refractivity contribution in [2.45, 2.75) is 197 Å². The number of aromatic hydroxyl groups is 1. The van der Waals surface area contributed by atoms with Crippen molar-refractivity contribution in [3.8, 4) is 11.5 Å². The van der Waals surface area contributed by atoms with E-state index in [4.69, 9.17) is 25.9 Å². The number of hydrogen-bond donors (Lipinski definition) is 6. The summed E-state index contributed by atoms with van der Waals surface area (Å²) in [4.78, 5) is 34.3. The minimum atomic E-state index is -0.801. The smallest absolute Gasteiger partial charge is 0.303 e. The number of dihydropyridines is 1. The third-order valence-corrected chi connectivity index (χ3v) is 22.4. The number of aliphatic hydroxyl groups excluding tert-OH is 1. The number of aryl methyl sites for hydroxylation is 2. The first-order chi connectivity index (χ1) is 35.3. The number of nitrogens with zero attached hydrogens (tertiary/aromatic N) is 2. The average molecular weight is 1040 g/mol. The number of rotatable bonds is 6. The summed E-state index contributed by atoms with van der Waals surface area (Å²) in [5.41, 5.74) is 17.6. The summed E-state index contributed by atoms with van der Waals surface area (Å²) in [5, 5.41) is 31.5. The summed E-state index contributed by atoms with van der Waals surface area (Å²) >= 11 is 0. The fourth-order valence-corrected chi connectivity index (χ4v) is 19.1. The Morgan fingerprint density at radius 1 is 0.932 bits per heavy atom. The van der Waals surface area contributed by atoms with Gasteiger partial charge in [0.05, 0.1) is 11.9 Å². The number of fused-ring (bicyclic) bond motifs is 14. The summed E-state index contributed by atoms with van der Waals surface area (Å²) < 4.78 is 13.2. The van der Waals surface area contributed by atoms with Crippen LogP contribution in [0, 0.1) is 28.6 Å². The Morgan fingerprint density at radius 2 is 1.74 bits per heavy atom. The highest BCUT2D eigenvalue weighted by atomic mass is 33.1. The zero-order valence-corrected chi connectivity index (χ0v) is 45.2. The van der Waals surface area contributed by atoms with Gasteiger partial charge in [-0.2, -0.15) is 0 Å². The van der Waals surface area contributed by atoms with Gasteiger partial charge in [-0.05, 0) is 175 Å². The maximum absolute atomic E-state index is 14.5. The standard InChI is InChI=1S/C59H84N6O6S2/c1-40(66)71-58-27-20-44(49(67)35-58)13-7-12-42(17-16-41-10-3-2-4-11-41)38-72-73-59(26-9-25-57(59)23-5-6-24-57)64-55(61)63-31-29-56(34-43-22-30-62-51(60)32-43)36-52(68)65(39-56)37-47-33-46(21-28-58)48-19-18-45-14-8-15-50(45)70-54(48)53(47)69/h2-4,10-11,22,32-33,42,44-45,49-50,62,67,69H,5-9,12-21,23-31,34-39,60H2,1H3,(H3,61,63,64). The van der Waals surface area contributed by atoms with E-state index in [9.17, 15) is 19.8 Å². The average Bonchev–Trinajstić information content (AvgIpc) is 4.14. The lowest BCUT2D eigenvalue weighted by Crippen LogP contribution is -2.55. The summed E-state index contributed by atoms with van der Waals surface area (Å²) in [5.74, 6) is 3.69. The maximum Gasteiger partial charge on any atom is 0.303 e. The molecule has 5 fully saturated rings. The number of nitrogens with two attached hydrogens (primary N) is 2. The third kappa shape index (κ3) is 11.9. The maximum atomic E-state index is 14.5. The van der Waals surface area contributed by atoms with Gasteiger partial charge in [0.15, 0.2) is 17.5 Å². The molecule has 2 aromatic carbocycles. The van der Waals surface area contributed by atoms with Crippen LogP contribution in [0.15, 0.2) is 64.9 Å². The second kappa shape index (κ2) is 22.7. The number of benzene rings is 2. The molecule has 8 N–H and O–H groups in total. The SMILES string of the molecule is CC(=O)OC12CCc3cc(c(O)c4c3CCC3CCCC3O4)CN3CC(CC4=CCNC(N)=C4)(CCN=C(N)NC4(CCCC45CCCC5)SSCC(CCc4ccccc4)CCCC(CC1)C(O)C2)CC3=O. The fraction of sp³-hybridized carbons (Fsp3) is 0.678. The highest BCUT2D eigenvalue weighted by molar-refractivity contribution is 8.77. The third-order valence-electron chi connectivity index (χ3n) is 19.0. The molecule has 398 valence electrons. The normalized spacial score (nSPS) is 33.1. The molecule has 2 spiro atoms. The molecule has 6 bridgehead atoms. The van der Waals surface area contributed by atoms with Crippen LogP contribution < -0.4 is 26.8 Å². The second-order valence-corrected chi connectivity index (χ2v) is 26.6. The van der Waals surface area contributed by atoms with E-state index >= 15 is 0 Å². The fourth-order valence-electron chi connectivity index (χ4n) is 15.1. The van der Waals surface area contributed by atoms with Crippen molar-refractivity contribution < 1.29 is 29.3 Å². The van der Waals surface area contributed by atoms with E-state index in [2.05, 4.69) is 53.1 Å². The van der Waals surface area contributed by atoms with Gasteiger partial charge in [-0.1, -0.05) is 77.3 Å². The van der Waals surface area contributed by atoms with Gasteiger partial charge in [-0.3, -0.25) is 14.6 Å². The first kappa shape index (κ1) is 52.4. The molecule has 11 rings (SSSR count). The number of amides is 1. The molecule has 9 aliphatic rings. The number of carbonyl (C=O) groups is 2. The molecule has 0 radical (unpaired) electrons. The van der Waals surface area contributed by atoms with Gasteiger partial charge >= 0.3 is 5.97 Å². The zero-order valence-electron chi connectivity index (χ0n) is 43.6. The molecule has 4 aliphatic carbocycles. The summed E-state index contributed by atoms with van der Waals surface area (Å²) in [6.45, 7) is 3.37. The Labute approximate surface area is 442 Å². The molecule has 73 heavy (non-hydrogen) atoms. The van der Waals surface area contributed by atoms with E-state index in [0.717, 1.165) is 99.5 Å². The summed E-state index contributed by atoms with van der Waals surface area (Å²) in [7, 11) is 4.05. The molecule has 5 heterocycles. The van der Waals surface area contributed by atoms with Crippen LogP contribution in [0.4, 0.5) is 0 Å². The highest BCUT2D eigenvalue weighted by Crippen LogP contribution is 2.63. The van der Waals surface area contributed by atoms with E-state index in [0.29, 0.717) is 99.5 Å². The van der Waals surface area contributed by atoms with E-state index in [1.807, 2.05) is 32.6 Å². The quantitative estimate of drug-likeness (QED) is 0.119. The summed E-state index contributed by atoms with van der Waals surface area (Å²) in [6.07, 6.45) is 27.0. The molecule has 14 heteroatoms. The Morgan fingerprint density at radius 3 is 2.55 bits per heavy atom. The molecule has 1 amide bonds. The molecular weight excluding hydrogens is 953 g/mol. The number of guanidine groups is 1. The molecular formula is C59H84N6O6S2. The number of allylic oxidation sites excluding steroid dienone is 2. The van der Waals surface area contributed by atoms with Crippen LogP contribution in [0.5, 0.6) is 11.5 Å². The summed E-state index contributed by atoms with van der Waals surface area (Å²) in [6, 6.07) is 13.0. The number of hydrogen-bond acceptors (Lipinski definition) is 13. The van der Waals surface area contributed by atoms with Crippen molar-refractivity contribution in [2.75, 3.05) is 25.4 Å². The Hall–Kier alpha value is -4.01. The minimum absolute atomic E-state index is 0.0492. The molecule has 0 aromatic heterocycles. The van der Waals surface area contributed by atoms with Crippen LogP contribution in [-0.2, 0) is 40.1 Å². The van der Waals surface area contributed by atoms with Gasteiger partial charge < -0.3 is 46.7 Å². The molecule has 12 nitrogen and oxygen atoms in total. The number of carbonyl (C=O) groups excluding carboxylic acids is 2. The number of ether oxygens (including phenoxy) is 2. The number of aliphatic hydroxyl groups is 1. The first-order valence-electron chi connectivity index (χ1n) is 28.3. The lowest BCUT2D eigenvalue weighted by molar-refractivity contribution is -0.168. The van der Waals surface area contributed by atoms with Crippen LogP contribution in [0.2, 0.25) is 0 Å². The van der Waals surface area contributed by atoms with Crippen LogP contribution in [-0.4, -0.2) is 81.0 Å². The number of phenols is 1. The second-order valence-electron chi connectivity index (χ2n) is 23.9. The molecule has 5 aliphatic heterocycles. The lowest BCUT2D eigenvalue weighted by atomic mass is 9.72. The van der Waals surface area contributed by atoms with Crippen LogP contribution in [0.3, 0.4) is 0 Å². The topological polar surface area (TPSA) is 185 Å². The monoisotopic (exact) mass is 1040 g/mol. The number of phenolic OH excluding ortho intramolecular Hbond substituents is 1. The Bertz CT molecular complexity index is 2390. The number of esters is 1. The van der Waals surface area contributed by atoms with Crippen LogP contribution in [0.25, 0.3) is 0 Å². The van der Waals surface area contributed by atoms with E-state index in [1.165, 1.54) is 51.0 Å². The molecule has 4 saturated carbocycles. The van der Waals surface area contributed by atoms with Gasteiger partial charge in [-0.25, -0.2) is 0 Å². The number of nitrogens with one attached hydrogen (secondary N) is 2. The van der Waals surface area contributed by atoms with Crippen molar-refractivity contribution in [3.63, 3.8) is 0 Å². The van der Waals surface area contributed by atoms with Gasteiger partial charge in [0.25, 0.3) is 0 Å². The molecule has 2 aromatic rings. The lowest BCUT2D eigenvalue weighted by Gasteiger charge is -2.44. The van der Waals surface area contributed by atoms with E-state index in [-0.39, 0.29) is 46.5 Å². The van der Waals surface area contributed by atoms with Crippen LogP contribution >= 0.6 is 21.6 Å². The van der Waals surface area contributed by atoms with Crippen molar-refractivity contribution in [3.05, 3.63) is 82.2 Å². The largest absolute Gasteiger partial charge is 0.504 e. The van der Waals surface area contributed by atoms with Gasteiger partial charge in [0.1, 0.15) is 16.6 Å². The highest BCUT2D eigenvalue weighted by Gasteiger charge is 2.57. The molecule has 1 saturated heterocycles. The van der Waals surface area contributed by atoms with E-state index in [1.54, 1.807) is 0 Å². The Balaban J connectivity index is 0.982. The van der Waals surface area contributed by atoms with Gasteiger partial charge in [0.2, 0.25) is 5.91 Å². The number of aliphatic imine (C=N–C) groups is 1. The predicted octanol–water partition coefficient (Wildman–Crippen LogP) is 10.3. The Kier molecular flexibility index (Phi) is 16.3. The first-order valence-corrected chi connectivity index (χ1v) is 30.7. The molecule has 8 unspecified atom stereocenters. The van der Waals surface area contributed by atoms with Gasteiger partial charge in [0, 0.05) is 73.7 Å². The zero-order chi connectivity index (χ0) is 50.6.